The second-order valence-electron chi connectivity index (χ2n) is 6.87. The monoisotopic (exact) mass is 308 g/mol. The molecule has 0 radical (unpaired) electrons. The first-order valence-corrected chi connectivity index (χ1v) is 9.75. The molecule has 1 aromatic heterocycles. The Morgan fingerprint density at radius 1 is 1.29 bits per heavy atom. The van der Waals surface area contributed by atoms with Gasteiger partial charge in [-0.3, -0.25) is 0 Å². The maximum atomic E-state index is 4.54. The van der Waals surface area contributed by atoms with E-state index in [1.807, 2.05) is 17.5 Å². The van der Waals surface area contributed by atoms with Gasteiger partial charge in [0, 0.05) is 24.5 Å². The second-order valence-corrected chi connectivity index (χ2v) is 7.84. The molecule has 2 rings (SSSR count). The van der Waals surface area contributed by atoms with Crippen molar-refractivity contribution in [3.63, 3.8) is 0 Å². The van der Waals surface area contributed by atoms with Crippen molar-refractivity contribution in [2.24, 2.45) is 11.3 Å². The molecule has 1 aromatic rings. The zero-order chi connectivity index (χ0) is 15.0. The van der Waals surface area contributed by atoms with E-state index in [1.54, 1.807) is 0 Å². The Kier molecular flexibility index (Phi) is 7.18. The first-order valence-electron chi connectivity index (χ1n) is 8.87. The molecule has 0 unspecified atom stereocenters. The summed E-state index contributed by atoms with van der Waals surface area (Å²) < 4.78 is 0. The van der Waals surface area contributed by atoms with Gasteiger partial charge in [-0.25, -0.2) is 4.98 Å². The molecule has 0 saturated heterocycles. The Bertz CT molecular complexity index is 367. The number of unbranched alkanes of at least 4 members (excludes halogenated alkanes) is 1. The summed E-state index contributed by atoms with van der Waals surface area (Å²) in [7, 11) is 0. The van der Waals surface area contributed by atoms with Crippen molar-refractivity contribution in [1.82, 2.24) is 10.3 Å². The van der Waals surface area contributed by atoms with Gasteiger partial charge in [-0.2, -0.15) is 0 Å². The predicted octanol–water partition coefficient (Wildman–Crippen LogP) is 5.05. The van der Waals surface area contributed by atoms with E-state index in [-0.39, 0.29) is 0 Å². The molecule has 1 fully saturated rings. The fraction of sp³-hybridized carbons (Fsp3) is 0.833. The van der Waals surface area contributed by atoms with Crippen LogP contribution in [0.25, 0.3) is 0 Å². The number of hydrogen-bond donors (Lipinski definition) is 1. The third-order valence-electron chi connectivity index (χ3n) is 5.07. The van der Waals surface area contributed by atoms with Crippen molar-refractivity contribution >= 4 is 11.3 Å². The van der Waals surface area contributed by atoms with Gasteiger partial charge in [0.15, 0.2) is 0 Å². The zero-order valence-corrected chi connectivity index (χ0v) is 14.7. The van der Waals surface area contributed by atoms with Gasteiger partial charge in [-0.1, -0.05) is 33.1 Å². The molecule has 0 aromatic carbocycles. The maximum Gasteiger partial charge on any atom is 0.0930 e. The Balaban J connectivity index is 1.90. The van der Waals surface area contributed by atoms with E-state index >= 15 is 0 Å². The molecule has 0 bridgehead atoms. The van der Waals surface area contributed by atoms with E-state index in [0.29, 0.717) is 5.41 Å². The first-order chi connectivity index (χ1) is 10.3. The van der Waals surface area contributed by atoms with Crippen molar-refractivity contribution < 1.29 is 0 Å². The van der Waals surface area contributed by atoms with Gasteiger partial charge in [-0.15, -0.1) is 11.3 Å². The lowest BCUT2D eigenvalue weighted by atomic mass is 9.67. The minimum atomic E-state index is 0.468. The number of nitrogens with zero attached hydrogens (tertiary/aromatic N) is 1. The summed E-state index contributed by atoms with van der Waals surface area (Å²) in [5, 5.41) is 7.15. The third-order valence-corrected chi connectivity index (χ3v) is 5.85. The van der Waals surface area contributed by atoms with Crippen LogP contribution in [0.1, 0.15) is 70.2 Å². The summed E-state index contributed by atoms with van der Waals surface area (Å²) >= 11 is 1.83. The average molecular weight is 309 g/mol. The highest BCUT2D eigenvalue weighted by atomic mass is 32.1. The van der Waals surface area contributed by atoms with Crippen LogP contribution in [0.5, 0.6) is 0 Å². The molecule has 0 aliphatic heterocycles. The molecule has 1 N–H and O–H groups in total. The smallest absolute Gasteiger partial charge is 0.0930 e. The second kappa shape index (κ2) is 8.89. The highest BCUT2D eigenvalue weighted by Gasteiger charge is 2.35. The lowest BCUT2D eigenvalue weighted by Crippen LogP contribution is -2.39. The van der Waals surface area contributed by atoms with Crippen LogP contribution < -0.4 is 5.32 Å². The quantitative estimate of drug-likeness (QED) is 0.646. The molecule has 0 spiro atoms. The molecule has 0 amide bonds. The maximum absolute atomic E-state index is 4.54. The van der Waals surface area contributed by atoms with E-state index in [0.717, 1.165) is 12.5 Å². The van der Waals surface area contributed by atoms with Gasteiger partial charge < -0.3 is 5.32 Å². The molecule has 120 valence electrons. The summed E-state index contributed by atoms with van der Waals surface area (Å²) in [6, 6.07) is 0. The molecular formula is C18H32N2S. The number of thiazole rings is 1. The largest absolute Gasteiger partial charge is 0.316 e. The lowest BCUT2D eigenvalue weighted by Gasteiger charge is -2.40. The van der Waals surface area contributed by atoms with E-state index in [2.05, 4.69) is 29.5 Å². The van der Waals surface area contributed by atoms with Gasteiger partial charge in [0.25, 0.3) is 0 Å². The van der Waals surface area contributed by atoms with Gasteiger partial charge in [-0.05, 0) is 50.0 Å². The Morgan fingerprint density at radius 2 is 2.10 bits per heavy atom. The summed E-state index contributed by atoms with van der Waals surface area (Å²) in [5.41, 5.74) is 0.468. The van der Waals surface area contributed by atoms with Crippen molar-refractivity contribution in [2.45, 2.75) is 71.6 Å². The van der Waals surface area contributed by atoms with Crippen LogP contribution in [0.15, 0.2) is 11.6 Å². The standard InChI is InChI=1S/C18H32N2S/c1-3-5-6-16-7-9-18(10-8-16,15-19-11-4-2)14-17-20-12-13-21-17/h12-13,16,19H,3-11,14-15H2,1-2H3. The number of aromatic nitrogens is 1. The lowest BCUT2D eigenvalue weighted by molar-refractivity contribution is 0.138. The van der Waals surface area contributed by atoms with Crippen molar-refractivity contribution in [2.75, 3.05) is 13.1 Å². The normalized spacial score (nSPS) is 26.1. The van der Waals surface area contributed by atoms with Gasteiger partial charge >= 0.3 is 0 Å². The van der Waals surface area contributed by atoms with Crippen LogP contribution >= 0.6 is 11.3 Å². The molecule has 21 heavy (non-hydrogen) atoms. The third kappa shape index (κ3) is 5.37. The fourth-order valence-corrected chi connectivity index (χ4v) is 4.47. The zero-order valence-electron chi connectivity index (χ0n) is 13.9. The Labute approximate surface area is 134 Å². The van der Waals surface area contributed by atoms with Crippen LogP contribution in [0.3, 0.4) is 0 Å². The minimum Gasteiger partial charge on any atom is -0.316 e. The molecule has 1 saturated carbocycles. The molecule has 1 heterocycles. The SMILES string of the molecule is CCCCC1CCC(CNCCC)(Cc2nccs2)CC1. The average Bonchev–Trinajstić information content (AvgIpc) is 3.00. The van der Waals surface area contributed by atoms with Gasteiger partial charge in [0.2, 0.25) is 0 Å². The molecule has 0 atom stereocenters. The van der Waals surface area contributed by atoms with Gasteiger partial charge in [0.05, 0.1) is 5.01 Å². The minimum absolute atomic E-state index is 0.468. The summed E-state index contributed by atoms with van der Waals surface area (Å²) in [4.78, 5) is 4.54. The predicted molar refractivity (Wildman–Crippen MR) is 92.9 cm³/mol. The Morgan fingerprint density at radius 3 is 2.71 bits per heavy atom. The molecule has 2 nitrogen and oxygen atoms in total. The van der Waals surface area contributed by atoms with E-state index < -0.39 is 0 Å². The number of hydrogen-bond acceptors (Lipinski definition) is 3. The highest BCUT2D eigenvalue weighted by Crippen LogP contribution is 2.42. The number of rotatable bonds is 9. The molecule has 3 heteroatoms. The summed E-state index contributed by atoms with van der Waals surface area (Å²) in [6.45, 7) is 6.90. The highest BCUT2D eigenvalue weighted by molar-refractivity contribution is 7.09. The summed E-state index contributed by atoms with van der Waals surface area (Å²) in [6.07, 6.45) is 14.2. The molecular weight excluding hydrogens is 276 g/mol. The van der Waals surface area contributed by atoms with E-state index in [4.69, 9.17) is 0 Å². The molecule has 1 aliphatic rings. The van der Waals surface area contributed by atoms with Crippen LogP contribution in [0, 0.1) is 11.3 Å². The van der Waals surface area contributed by atoms with Crippen molar-refractivity contribution in [1.29, 1.82) is 0 Å². The topological polar surface area (TPSA) is 24.9 Å². The fourth-order valence-electron chi connectivity index (χ4n) is 3.68. The first kappa shape index (κ1) is 17.0. The van der Waals surface area contributed by atoms with Crippen LogP contribution in [-0.4, -0.2) is 18.1 Å². The van der Waals surface area contributed by atoms with Crippen LogP contribution in [-0.2, 0) is 6.42 Å². The van der Waals surface area contributed by atoms with Crippen LogP contribution in [0.2, 0.25) is 0 Å². The molecule has 1 aliphatic carbocycles. The van der Waals surface area contributed by atoms with Gasteiger partial charge in [0.1, 0.15) is 0 Å². The van der Waals surface area contributed by atoms with E-state index in [1.165, 1.54) is 69.3 Å². The van der Waals surface area contributed by atoms with Crippen molar-refractivity contribution in [3.8, 4) is 0 Å². The number of nitrogens with one attached hydrogen (secondary N) is 1. The Hall–Kier alpha value is -0.410. The van der Waals surface area contributed by atoms with Crippen molar-refractivity contribution in [3.05, 3.63) is 16.6 Å². The van der Waals surface area contributed by atoms with Crippen LogP contribution in [0.4, 0.5) is 0 Å². The van der Waals surface area contributed by atoms with E-state index in [9.17, 15) is 0 Å². The summed E-state index contributed by atoms with van der Waals surface area (Å²) in [5.74, 6) is 0.987.